The molecular formula is C20H29NO6S. The Balaban J connectivity index is 1.79. The van der Waals surface area contributed by atoms with Gasteiger partial charge in [0, 0.05) is 25.6 Å². The van der Waals surface area contributed by atoms with Crippen molar-refractivity contribution in [3.63, 3.8) is 0 Å². The lowest BCUT2D eigenvalue weighted by Crippen LogP contribution is -2.42. The van der Waals surface area contributed by atoms with Crippen LogP contribution in [0.1, 0.15) is 44.6 Å². The standard InChI is InChI=1S/C20H29NO6S/c1-3-28(23,24)27-19-12-15(9-10-18(19)25-2)13-21(14-17-8-5-11-26-17)20(22)16-6-4-7-16/h9-10,12,16-17H,3-8,11,13-14H2,1-2H3/t17-/m1/s1. The van der Waals surface area contributed by atoms with E-state index in [0.717, 1.165) is 44.3 Å². The van der Waals surface area contributed by atoms with Crippen LogP contribution in [0.4, 0.5) is 0 Å². The minimum absolute atomic E-state index is 0.0680. The van der Waals surface area contributed by atoms with Crippen molar-refractivity contribution in [1.29, 1.82) is 0 Å². The fourth-order valence-electron chi connectivity index (χ4n) is 3.48. The van der Waals surface area contributed by atoms with E-state index in [1.807, 2.05) is 11.0 Å². The number of hydrogen-bond acceptors (Lipinski definition) is 6. The Morgan fingerprint density at radius 3 is 2.57 bits per heavy atom. The third-order valence-electron chi connectivity index (χ3n) is 5.39. The summed E-state index contributed by atoms with van der Waals surface area (Å²) in [5.41, 5.74) is 0.799. The Hall–Kier alpha value is -1.80. The van der Waals surface area contributed by atoms with Crippen molar-refractivity contribution in [3.05, 3.63) is 23.8 Å². The minimum Gasteiger partial charge on any atom is -0.493 e. The molecule has 1 saturated heterocycles. The second-order valence-corrected chi connectivity index (χ2v) is 9.26. The lowest BCUT2D eigenvalue weighted by atomic mass is 9.84. The Kier molecular flexibility index (Phi) is 6.82. The van der Waals surface area contributed by atoms with Gasteiger partial charge in [0.05, 0.1) is 19.0 Å². The highest BCUT2D eigenvalue weighted by Crippen LogP contribution is 2.32. The van der Waals surface area contributed by atoms with Gasteiger partial charge < -0.3 is 18.6 Å². The van der Waals surface area contributed by atoms with Crippen LogP contribution in [0.3, 0.4) is 0 Å². The second kappa shape index (κ2) is 9.13. The zero-order valence-corrected chi connectivity index (χ0v) is 17.4. The smallest absolute Gasteiger partial charge is 0.309 e. The average molecular weight is 412 g/mol. The Labute approximate surface area is 167 Å². The molecule has 1 aliphatic heterocycles. The highest BCUT2D eigenvalue weighted by Gasteiger charge is 2.31. The molecule has 2 aliphatic rings. The summed E-state index contributed by atoms with van der Waals surface area (Å²) in [7, 11) is -2.21. The largest absolute Gasteiger partial charge is 0.493 e. The van der Waals surface area contributed by atoms with E-state index >= 15 is 0 Å². The fourth-order valence-corrected chi connectivity index (χ4v) is 4.00. The first kappa shape index (κ1) is 20.9. The van der Waals surface area contributed by atoms with E-state index in [1.54, 1.807) is 12.1 Å². The number of rotatable bonds is 9. The molecule has 1 saturated carbocycles. The Bertz CT molecular complexity index is 784. The van der Waals surface area contributed by atoms with E-state index in [1.165, 1.54) is 14.0 Å². The van der Waals surface area contributed by atoms with Gasteiger partial charge in [0.25, 0.3) is 0 Å². The topological polar surface area (TPSA) is 82.1 Å². The average Bonchev–Trinajstić information content (AvgIpc) is 3.13. The van der Waals surface area contributed by atoms with Gasteiger partial charge in [-0.3, -0.25) is 4.79 Å². The number of hydrogen-bond donors (Lipinski definition) is 0. The maximum absolute atomic E-state index is 12.9. The number of carbonyl (C=O) groups excluding carboxylic acids is 1. The quantitative estimate of drug-likeness (QED) is 0.581. The molecule has 1 aromatic rings. The molecule has 2 fully saturated rings. The first-order valence-corrected chi connectivity index (χ1v) is 11.5. The van der Waals surface area contributed by atoms with E-state index in [-0.39, 0.29) is 29.4 Å². The molecule has 0 aromatic heterocycles. The molecule has 0 N–H and O–H groups in total. The van der Waals surface area contributed by atoms with Gasteiger partial charge >= 0.3 is 10.1 Å². The molecule has 0 radical (unpaired) electrons. The Morgan fingerprint density at radius 1 is 1.21 bits per heavy atom. The lowest BCUT2D eigenvalue weighted by molar-refractivity contribution is -0.140. The summed E-state index contributed by atoms with van der Waals surface area (Å²) in [5, 5.41) is 0. The first-order valence-electron chi connectivity index (χ1n) is 9.91. The highest BCUT2D eigenvalue weighted by atomic mass is 32.2. The summed E-state index contributed by atoms with van der Waals surface area (Å²) in [6.45, 7) is 3.21. The molecule has 1 atom stereocenters. The zero-order valence-electron chi connectivity index (χ0n) is 16.6. The number of benzene rings is 1. The van der Waals surface area contributed by atoms with Gasteiger partial charge in [-0.1, -0.05) is 12.5 Å². The SMILES string of the molecule is CCS(=O)(=O)Oc1cc(CN(C[C@H]2CCCO2)C(=O)C2CCC2)ccc1OC. The molecule has 0 bridgehead atoms. The molecule has 0 unspecified atom stereocenters. The van der Waals surface area contributed by atoms with Crippen LogP contribution in [0.15, 0.2) is 18.2 Å². The monoisotopic (exact) mass is 411 g/mol. The van der Waals surface area contributed by atoms with E-state index in [2.05, 4.69) is 0 Å². The van der Waals surface area contributed by atoms with Crippen LogP contribution < -0.4 is 8.92 Å². The molecule has 1 aromatic carbocycles. The summed E-state index contributed by atoms with van der Waals surface area (Å²) in [5.74, 6) is 0.606. The van der Waals surface area contributed by atoms with Crippen LogP contribution in [-0.4, -0.2) is 51.3 Å². The van der Waals surface area contributed by atoms with E-state index in [9.17, 15) is 13.2 Å². The van der Waals surface area contributed by atoms with Crippen molar-refractivity contribution in [3.8, 4) is 11.5 Å². The minimum atomic E-state index is -3.67. The zero-order chi connectivity index (χ0) is 20.1. The summed E-state index contributed by atoms with van der Waals surface area (Å²) < 4.78 is 39.9. The van der Waals surface area contributed by atoms with Crippen LogP contribution >= 0.6 is 0 Å². The fraction of sp³-hybridized carbons (Fsp3) is 0.650. The van der Waals surface area contributed by atoms with Crippen molar-refractivity contribution in [2.45, 2.75) is 51.7 Å². The molecule has 1 heterocycles. The summed E-state index contributed by atoms with van der Waals surface area (Å²) in [4.78, 5) is 14.8. The molecule has 156 valence electrons. The number of amides is 1. The van der Waals surface area contributed by atoms with Crippen LogP contribution in [0.2, 0.25) is 0 Å². The van der Waals surface area contributed by atoms with Gasteiger partial charge in [-0.2, -0.15) is 8.42 Å². The van der Waals surface area contributed by atoms with Crippen molar-refractivity contribution >= 4 is 16.0 Å². The van der Waals surface area contributed by atoms with Gasteiger partial charge in [-0.25, -0.2) is 0 Å². The molecule has 0 spiro atoms. The van der Waals surface area contributed by atoms with Crippen molar-refractivity contribution in [2.24, 2.45) is 5.92 Å². The van der Waals surface area contributed by atoms with Gasteiger partial charge in [0.2, 0.25) is 5.91 Å². The summed E-state index contributed by atoms with van der Waals surface area (Å²) >= 11 is 0. The van der Waals surface area contributed by atoms with E-state index < -0.39 is 10.1 Å². The third-order valence-corrected chi connectivity index (χ3v) is 6.53. The highest BCUT2D eigenvalue weighted by molar-refractivity contribution is 7.87. The number of ether oxygens (including phenoxy) is 2. The molecule has 3 rings (SSSR count). The van der Waals surface area contributed by atoms with Gasteiger partial charge in [0.15, 0.2) is 11.5 Å². The normalized spacial score (nSPS) is 19.9. The van der Waals surface area contributed by atoms with Crippen molar-refractivity contribution in [2.75, 3.05) is 26.0 Å². The summed E-state index contributed by atoms with van der Waals surface area (Å²) in [6, 6.07) is 5.15. The Morgan fingerprint density at radius 2 is 2.00 bits per heavy atom. The van der Waals surface area contributed by atoms with Crippen LogP contribution in [0.25, 0.3) is 0 Å². The third kappa shape index (κ3) is 5.17. The maximum atomic E-state index is 12.9. The predicted octanol–water partition coefficient (Wildman–Crippen LogP) is 2.73. The molecule has 1 amide bonds. The first-order chi connectivity index (χ1) is 13.4. The second-order valence-electron chi connectivity index (χ2n) is 7.40. The number of nitrogens with zero attached hydrogens (tertiary/aromatic N) is 1. The molecule has 1 aliphatic carbocycles. The van der Waals surface area contributed by atoms with Crippen LogP contribution in [0.5, 0.6) is 11.5 Å². The van der Waals surface area contributed by atoms with E-state index in [4.69, 9.17) is 13.7 Å². The summed E-state index contributed by atoms with van der Waals surface area (Å²) in [6.07, 6.45) is 5.02. The number of carbonyl (C=O) groups is 1. The van der Waals surface area contributed by atoms with Crippen molar-refractivity contribution < 1.29 is 26.9 Å². The van der Waals surface area contributed by atoms with Crippen molar-refractivity contribution in [1.82, 2.24) is 4.90 Å². The van der Waals surface area contributed by atoms with Crippen LogP contribution in [-0.2, 0) is 26.2 Å². The predicted molar refractivity (Wildman–Crippen MR) is 105 cm³/mol. The van der Waals surface area contributed by atoms with Gasteiger partial charge in [-0.05, 0) is 50.3 Å². The van der Waals surface area contributed by atoms with Crippen LogP contribution in [0, 0.1) is 5.92 Å². The molecule has 7 nitrogen and oxygen atoms in total. The number of methoxy groups -OCH3 is 1. The van der Waals surface area contributed by atoms with E-state index in [0.29, 0.717) is 18.8 Å². The lowest BCUT2D eigenvalue weighted by Gasteiger charge is -2.33. The maximum Gasteiger partial charge on any atom is 0.309 e. The van der Waals surface area contributed by atoms with Gasteiger partial charge in [-0.15, -0.1) is 0 Å². The molecule has 28 heavy (non-hydrogen) atoms. The molecule has 8 heteroatoms. The van der Waals surface area contributed by atoms with Gasteiger partial charge in [0.1, 0.15) is 0 Å². The molecular weight excluding hydrogens is 382 g/mol.